The molecule has 0 bridgehead atoms. The molecule has 1 atom stereocenters. The molecule has 1 amide bonds. The average Bonchev–Trinajstić information content (AvgIpc) is 2.26. The lowest BCUT2D eigenvalue weighted by Crippen LogP contribution is -2.37. The first-order valence-electron chi connectivity index (χ1n) is 5.61. The average molecular weight is 275 g/mol. The zero-order valence-corrected chi connectivity index (χ0v) is 12.0. The number of rotatable bonds is 3. The van der Waals surface area contributed by atoms with Gasteiger partial charge in [-0.15, -0.1) is 0 Å². The van der Waals surface area contributed by atoms with Gasteiger partial charge in [-0.05, 0) is 6.42 Å². The van der Waals surface area contributed by atoms with Crippen molar-refractivity contribution in [1.82, 2.24) is 10.0 Å². The van der Waals surface area contributed by atoms with Crippen LogP contribution in [0.5, 0.6) is 0 Å². The number of nitrogens with one attached hydrogen (secondary N) is 2. The van der Waals surface area contributed by atoms with Crippen LogP contribution in [0.15, 0.2) is 22.9 Å². The number of amides is 1. The number of thiol groups is 1. The van der Waals surface area contributed by atoms with Gasteiger partial charge in [0.15, 0.2) is 0 Å². The van der Waals surface area contributed by atoms with Crippen LogP contribution in [-0.4, -0.2) is 12.5 Å². The molecule has 17 heavy (non-hydrogen) atoms. The van der Waals surface area contributed by atoms with Crippen molar-refractivity contribution in [2.45, 2.75) is 27.2 Å². The minimum Gasteiger partial charge on any atom is -0.355 e. The third-order valence-electron chi connectivity index (χ3n) is 2.59. The number of carbonyl (C=O) groups excluding carboxylic acids is 1. The summed E-state index contributed by atoms with van der Waals surface area (Å²) in [5.41, 5.74) is 0.451. The van der Waals surface area contributed by atoms with E-state index in [0.717, 1.165) is 12.1 Å². The largest absolute Gasteiger partial charge is 0.355 e. The van der Waals surface area contributed by atoms with E-state index in [1.807, 2.05) is 32.9 Å². The van der Waals surface area contributed by atoms with Gasteiger partial charge in [-0.25, -0.2) is 0 Å². The molecule has 5 heteroatoms. The van der Waals surface area contributed by atoms with Crippen LogP contribution < -0.4 is 10.0 Å². The summed E-state index contributed by atoms with van der Waals surface area (Å²) < 4.78 is 2.74. The van der Waals surface area contributed by atoms with E-state index in [2.05, 4.69) is 22.9 Å². The van der Waals surface area contributed by atoms with Crippen LogP contribution >= 0.6 is 24.4 Å². The molecule has 2 N–H and O–H groups in total. The molecule has 0 fully saturated rings. The van der Waals surface area contributed by atoms with Crippen molar-refractivity contribution in [3.63, 3.8) is 0 Å². The number of carbonyl (C=O) groups is 1. The third kappa shape index (κ3) is 4.28. The first kappa shape index (κ1) is 14.5. The Morgan fingerprint density at radius 3 is 2.76 bits per heavy atom. The fourth-order valence-corrected chi connectivity index (χ4v) is 1.93. The van der Waals surface area contributed by atoms with Crippen LogP contribution in [0, 0.1) is 11.3 Å². The Balaban J connectivity index is 2.51. The van der Waals surface area contributed by atoms with E-state index in [-0.39, 0.29) is 17.2 Å². The summed E-state index contributed by atoms with van der Waals surface area (Å²) in [6, 6.07) is 0. The molecule has 1 unspecified atom stereocenters. The highest BCUT2D eigenvalue weighted by atomic mass is 35.5. The van der Waals surface area contributed by atoms with E-state index in [9.17, 15) is 4.79 Å². The molecule has 0 radical (unpaired) electrons. The van der Waals surface area contributed by atoms with Gasteiger partial charge >= 0.3 is 0 Å². The van der Waals surface area contributed by atoms with Crippen molar-refractivity contribution in [2.75, 3.05) is 6.54 Å². The zero-order chi connectivity index (χ0) is 13.1. The van der Waals surface area contributed by atoms with E-state index in [0.29, 0.717) is 11.6 Å². The fraction of sp³-hybridized carbons (Fsp3) is 0.583. The summed E-state index contributed by atoms with van der Waals surface area (Å²) in [5, 5.41) is 3.62. The SMILES string of the molecule is CC(C)(C)C(=O)NCC1C=C(NS)C(Cl)=CC1. The number of allylic oxidation sites excluding steroid dienone is 2. The van der Waals surface area contributed by atoms with Crippen LogP contribution in [-0.2, 0) is 4.79 Å². The van der Waals surface area contributed by atoms with E-state index < -0.39 is 0 Å². The molecule has 0 aromatic heterocycles. The second kappa shape index (κ2) is 5.83. The highest BCUT2D eigenvalue weighted by Gasteiger charge is 2.22. The summed E-state index contributed by atoms with van der Waals surface area (Å²) in [7, 11) is 0. The molecule has 0 heterocycles. The second-order valence-corrected chi connectivity index (χ2v) is 5.83. The van der Waals surface area contributed by atoms with Gasteiger partial charge < -0.3 is 10.0 Å². The van der Waals surface area contributed by atoms with Gasteiger partial charge in [-0.3, -0.25) is 4.79 Å². The van der Waals surface area contributed by atoms with Gasteiger partial charge in [-0.1, -0.05) is 57.3 Å². The molecule has 0 saturated heterocycles. The Morgan fingerprint density at radius 1 is 1.59 bits per heavy atom. The fourth-order valence-electron chi connectivity index (χ4n) is 1.47. The van der Waals surface area contributed by atoms with Crippen molar-refractivity contribution >= 4 is 30.3 Å². The standard InChI is InChI=1S/C12H19ClN2OS/c1-12(2,3)11(16)14-7-8-4-5-9(13)10(6-8)15-17/h5-6,8,15,17H,4,7H2,1-3H3,(H,14,16). The maximum absolute atomic E-state index is 11.7. The molecule has 3 nitrogen and oxygen atoms in total. The predicted octanol–water partition coefficient (Wildman–Crippen LogP) is 2.61. The first-order chi connectivity index (χ1) is 7.84. The van der Waals surface area contributed by atoms with E-state index in [1.54, 1.807) is 0 Å². The maximum Gasteiger partial charge on any atom is 0.225 e. The van der Waals surface area contributed by atoms with Crippen molar-refractivity contribution < 1.29 is 4.79 Å². The highest BCUT2D eigenvalue weighted by Crippen LogP contribution is 2.24. The maximum atomic E-state index is 11.7. The van der Waals surface area contributed by atoms with E-state index >= 15 is 0 Å². The monoisotopic (exact) mass is 274 g/mol. The Morgan fingerprint density at radius 2 is 2.24 bits per heavy atom. The summed E-state index contributed by atoms with van der Waals surface area (Å²) in [5.74, 6) is 0.324. The van der Waals surface area contributed by atoms with Gasteiger partial charge in [-0.2, -0.15) is 0 Å². The summed E-state index contributed by atoms with van der Waals surface area (Å²) in [4.78, 5) is 11.7. The molecular formula is C12H19ClN2OS. The molecule has 0 spiro atoms. The third-order valence-corrected chi connectivity index (χ3v) is 3.18. The Hall–Kier alpha value is -0.610. The molecular weight excluding hydrogens is 256 g/mol. The lowest BCUT2D eigenvalue weighted by atomic mass is 9.94. The lowest BCUT2D eigenvalue weighted by Gasteiger charge is -2.22. The first-order valence-corrected chi connectivity index (χ1v) is 6.43. The molecule has 0 aromatic carbocycles. The highest BCUT2D eigenvalue weighted by molar-refractivity contribution is 7.78. The number of hydrogen-bond acceptors (Lipinski definition) is 3. The van der Waals surface area contributed by atoms with Crippen LogP contribution in [0.4, 0.5) is 0 Å². The van der Waals surface area contributed by atoms with Crippen molar-refractivity contribution in [3.05, 3.63) is 22.9 Å². The molecule has 1 rings (SSSR count). The molecule has 0 aliphatic heterocycles. The topological polar surface area (TPSA) is 41.1 Å². The smallest absolute Gasteiger partial charge is 0.225 e. The normalized spacial score (nSPS) is 20.4. The van der Waals surface area contributed by atoms with Gasteiger partial charge in [0.25, 0.3) is 0 Å². The van der Waals surface area contributed by atoms with Crippen molar-refractivity contribution in [3.8, 4) is 0 Å². The van der Waals surface area contributed by atoms with Crippen LogP contribution in [0.2, 0.25) is 0 Å². The van der Waals surface area contributed by atoms with Gasteiger partial charge in [0.1, 0.15) is 0 Å². The van der Waals surface area contributed by atoms with Gasteiger partial charge in [0, 0.05) is 17.9 Å². The van der Waals surface area contributed by atoms with Crippen LogP contribution in [0.1, 0.15) is 27.2 Å². The quantitative estimate of drug-likeness (QED) is 0.693. The minimum absolute atomic E-state index is 0.0620. The Bertz CT molecular complexity index is 358. The molecule has 1 aliphatic carbocycles. The van der Waals surface area contributed by atoms with Crippen molar-refractivity contribution in [2.24, 2.45) is 11.3 Å². The van der Waals surface area contributed by atoms with Crippen molar-refractivity contribution in [1.29, 1.82) is 0 Å². The summed E-state index contributed by atoms with van der Waals surface area (Å²) in [6.07, 6.45) is 4.77. The zero-order valence-electron chi connectivity index (χ0n) is 10.4. The van der Waals surface area contributed by atoms with Crippen LogP contribution in [0.3, 0.4) is 0 Å². The molecule has 0 aromatic rings. The minimum atomic E-state index is -0.351. The summed E-state index contributed by atoms with van der Waals surface area (Å²) >= 11 is 9.96. The molecule has 1 aliphatic rings. The lowest BCUT2D eigenvalue weighted by molar-refractivity contribution is -0.128. The second-order valence-electron chi connectivity index (χ2n) is 5.20. The Kier molecular flexibility index (Phi) is 4.95. The predicted molar refractivity (Wildman–Crippen MR) is 74.7 cm³/mol. The molecule has 96 valence electrons. The van der Waals surface area contributed by atoms with E-state index in [1.165, 1.54) is 0 Å². The molecule has 0 saturated carbocycles. The van der Waals surface area contributed by atoms with Crippen LogP contribution in [0.25, 0.3) is 0 Å². The Labute approximate surface area is 113 Å². The number of hydrogen-bond donors (Lipinski definition) is 3. The van der Waals surface area contributed by atoms with E-state index in [4.69, 9.17) is 11.6 Å². The number of halogens is 1. The summed E-state index contributed by atoms with van der Waals surface area (Å²) in [6.45, 7) is 6.32. The van der Waals surface area contributed by atoms with Gasteiger partial charge in [0.2, 0.25) is 5.91 Å². The van der Waals surface area contributed by atoms with Gasteiger partial charge in [0.05, 0.1) is 10.7 Å².